The molecule has 4 nitrogen and oxygen atoms in total. The van der Waals surface area contributed by atoms with Crippen molar-refractivity contribution >= 4 is 5.91 Å². The van der Waals surface area contributed by atoms with Gasteiger partial charge in [0, 0.05) is 19.6 Å². The predicted molar refractivity (Wildman–Crippen MR) is 59.6 cm³/mol. The van der Waals surface area contributed by atoms with Crippen LogP contribution in [0.2, 0.25) is 0 Å². The Hall–Kier alpha value is -0.610. The van der Waals surface area contributed by atoms with Crippen LogP contribution in [-0.4, -0.2) is 47.2 Å². The first-order chi connectivity index (χ1) is 6.94. The summed E-state index contributed by atoms with van der Waals surface area (Å²) < 4.78 is 0. The van der Waals surface area contributed by atoms with Crippen LogP contribution in [0.4, 0.5) is 0 Å². The van der Waals surface area contributed by atoms with Crippen LogP contribution in [0.25, 0.3) is 0 Å². The van der Waals surface area contributed by atoms with Gasteiger partial charge in [-0.25, -0.2) is 0 Å². The molecule has 4 heteroatoms. The molecule has 1 heterocycles. The van der Waals surface area contributed by atoms with Gasteiger partial charge in [0.1, 0.15) is 0 Å². The minimum atomic E-state index is -0.647. The monoisotopic (exact) mass is 214 g/mol. The molecule has 1 amide bonds. The zero-order valence-electron chi connectivity index (χ0n) is 9.92. The summed E-state index contributed by atoms with van der Waals surface area (Å²) in [5.41, 5.74) is -0.647. The standard InChI is InChI=1S/C11H22N2O2/c1-4-9-10(14)12-6-8-13(9)7-5-11(2,3)15/h9,15H,4-8H2,1-3H3,(H,12,14). The van der Waals surface area contributed by atoms with E-state index in [1.54, 1.807) is 13.8 Å². The highest BCUT2D eigenvalue weighted by atomic mass is 16.3. The average molecular weight is 214 g/mol. The Balaban J connectivity index is 2.48. The number of hydrogen-bond donors (Lipinski definition) is 2. The second-order valence-electron chi connectivity index (χ2n) is 4.81. The van der Waals surface area contributed by atoms with E-state index in [4.69, 9.17) is 0 Å². The minimum Gasteiger partial charge on any atom is -0.390 e. The van der Waals surface area contributed by atoms with Crippen molar-refractivity contribution in [3.05, 3.63) is 0 Å². The van der Waals surface area contributed by atoms with E-state index in [0.717, 1.165) is 26.1 Å². The fraction of sp³-hybridized carbons (Fsp3) is 0.909. The number of piperazine rings is 1. The SMILES string of the molecule is CCC1C(=O)NCCN1CCC(C)(C)O. The third kappa shape index (κ3) is 3.80. The molecule has 0 radical (unpaired) electrons. The Morgan fingerprint density at radius 1 is 1.60 bits per heavy atom. The van der Waals surface area contributed by atoms with Gasteiger partial charge in [0.05, 0.1) is 11.6 Å². The van der Waals surface area contributed by atoms with Gasteiger partial charge >= 0.3 is 0 Å². The molecule has 0 spiro atoms. The highest BCUT2D eigenvalue weighted by Gasteiger charge is 2.28. The molecule has 0 aromatic rings. The third-order valence-corrected chi connectivity index (χ3v) is 2.84. The molecule has 2 N–H and O–H groups in total. The van der Waals surface area contributed by atoms with Crippen LogP contribution < -0.4 is 5.32 Å². The van der Waals surface area contributed by atoms with E-state index in [1.807, 2.05) is 6.92 Å². The van der Waals surface area contributed by atoms with Crippen molar-refractivity contribution < 1.29 is 9.90 Å². The smallest absolute Gasteiger partial charge is 0.237 e. The lowest BCUT2D eigenvalue weighted by molar-refractivity contribution is -0.129. The number of nitrogens with one attached hydrogen (secondary N) is 1. The Bertz CT molecular complexity index is 223. The van der Waals surface area contributed by atoms with Crippen molar-refractivity contribution in [3.63, 3.8) is 0 Å². The van der Waals surface area contributed by atoms with E-state index in [-0.39, 0.29) is 11.9 Å². The molecule has 88 valence electrons. The lowest BCUT2D eigenvalue weighted by Crippen LogP contribution is -2.55. The molecule has 0 aromatic heterocycles. The summed E-state index contributed by atoms with van der Waals surface area (Å²) in [4.78, 5) is 13.7. The summed E-state index contributed by atoms with van der Waals surface area (Å²) in [5.74, 6) is 0.125. The summed E-state index contributed by atoms with van der Waals surface area (Å²) in [6.45, 7) is 8.03. The molecule has 1 aliphatic heterocycles. The van der Waals surface area contributed by atoms with Crippen molar-refractivity contribution in [1.29, 1.82) is 0 Å². The fourth-order valence-corrected chi connectivity index (χ4v) is 1.89. The summed E-state index contributed by atoms with van der Waals surface area (Å²) in [5, 5.41) is 12.5. The molecule has 1 fully saturated rings. The molecule has 1 rings (SSSR count). The zero-order chi connectivity index (χ0) is 11.5. The number of aliphatic hydroxyl groups is 1. The molecule has 1 unspecified atom stereocenters. The number of rotatable bonds is 4. The Kier molecular flexibility index (Phi) is 4.11. The van der Waals surface area contributed by atoms with E-state index in [0.29, 0.717) is 6.42 Å². The molecular weight excluding hydrogens is 192 g/mol. The van der Waals surface area contributed by atoms with Gasteiger partial charge in [0.2, 0.25) is 5.91 Å². The molecule has 0 bridgehead atoms. The molecule has 0 aliphatic carbocycles. The molecule has 1 atom stereocenters. The second kappa shape index (κ2) is 4.94. The van der Waals surface area contributed by atoms with E-state index in [2.05, 4.69) is 10.2 Å². The van der Waals surface area contributed by atoms with Crippen molar-refractivity contribution in [1.82, 2.24) is 10.2 Å². The topological polar surface area (TPSA) is 52.6 Å². The van der Waals surface area contributed by atoms with Crippen molar-refractivity contribution in [3.8, 4) is 0 Å². The maximum Gasteiger partial charge on any atom is 0.237 e. The van der Waals surface area contributed by atoms with Crippen LogP contribution in [0.1, 0.15) is 33.6 Å². The summed E-state index contributed by atoms with van der Waals surface area (Å²) in [6, 6.07) is -0.0129. The van der Waals surface area contributed by atoms with Crippen molar-refractivity contribution in [2.75, 3.05) is 19.6 Å². The van der Waals surface area contributed by atoms with Gasteiger partial charge in [-0.1, -0.05) is 6.92 Å². The normalized spacial score (nSPS) is 24.0. The fourth-order valence-electron chi connectivity index (χ4n) is 1.89. The van der Waals surface area contributed by atoms with E-state index >= 15 is 0 Å². The van der Waals surface area contributed by atoms with Crippen LogP contribution >= 0.6 is 0 Å². The molecule has 15 heavy (non-hydrogen) atoms. The highest BCUT2D eigenvalue weighted by Crippen LogP contribution is 2.13. The maximum atomic E-state index is 11.5. The van der Waals surface area contributed by atoms with Gasteiger partial charge < -0.3 is 10.4 Å². The van der Waals surface area contributed by atoms with Crippen LogP contribution in [0.15, 0.2) is 0 Å². The molecule has 1 aliphatic rings. The Labute approximate surface area is 91.6 Å². The van der Waals surface area contributed by atoms with Crippen LogP contribution in [0.3, 0.4) is 0 Å². The Morgan fingerprint density at radius 3 is 2.80 bits per heavy atom. The molecule has 1 saturated heterocycles. The Morgan fingerprint density at radius 2 is 2.27 bits per heavy atom. The number of carbonyl (C=O) groups is 1. The summed E-state index contributed by atoms with van der Waals surface area (Å²) >= 11 is 0. The van der Waals surface area contributed by atoms with Crippen molar-refractivity contribution in [2.24, 2.45) is 0 Å². The van der Waals surface area contributed by atoms with Gasteiger partial charge in [-0.3, -0.25) is 9.69 Å². The van der Waals surface area contributed by atoms with Crippen molar-refractivity contribution in [2.45, 2.75) is 45.3 Å². The summed E-state index contributed by atoms with van der Waals surface area (Å²) in [7, 11) is 0. The minimum absolute atomic E-state index is 0.0129. The van der Waals surface area contributed by atoms with Crippen LogP contribution in [0, 0.1) is 0 Å². The molecular formula is C11H22N2O2. The quantitative estimate of drug-likeness (QED) is 0.710. The van der Waals surface area contributed by atoms with Gasteiger partial charge in [0.15, 0.2) is 0 Å². The molecule has 0 saturated carbocycles. The van der Waals surface area contributed by atoms with Gasteiger partial charge in [-0.15, -0.1) is 0 Å². The van der Waals surface area contributed by atoms with Gasteiger partial charge in [0.25, 0.3) is 0 Å². The first-order valence-electron chi connectivity index (χ1n) is 5.68. The number of hydrogen-bond acceptors (Lipinski definition) is 3. The van der Waals surface area contributed by atoms with E-state index < -0.39 is 5.60 Å². The number of carbonyl (C=O) groups excluding carboxylic acids is 1. The predicted octanol–water partition coefficient (Wildman–Crippen LogP) is 0.358. The lowest BCUT2D eigenvalue weighted by atomic mass is 10.0. The zero-order valence-corrected chi connectivity index (χ0v) is 9.92. The summed E-state index contributed by atoms with van der Waals surface area (Å²) in [6.07, 6.45) is 1.54. The first kappa shape index (κ1) is 12.5. The average Bonchev–Trinajstić information content (AvgIpc) is 2.13. The number of amides is 1. The van der Waals surface area contributed by atoms with Crippen LogP contribution in [-0.2, 0) is 4.79 Å². The first-order valence-corrected chi connectivity index (χ1v) is 5.68. The van der Waals surface area contributed by atoms with E-state index in [9.17, 15) is 9.90 Å². The molecule has 0 aromatic carbocycles. The van der Waals surface area contributed by atoms with E-state index in [1.165, 1.54) is 0 Å². The van der Waals surface area contributed by atoms with Crippen LogP contribution in [0.5, 0.6) is 0 Å². The largest absolute Gasteiger partial charge is 0.390 e. The second-order valence-corrected chi connectivity index (χ2v) is 4.81. The lowest BCUT2D eigenvalue weighted by Gasteiger charge is -2.35. The van der Waals surface area contributed by atoms with Gasteiger partial charge in [-0.2, -0.15) is 0 Å². The third-order valence-electron chi connectivity index (χ3n) is 2.84. The van der Waals surface area contributed by atoms with Gasteiger partial charge in [-0.05, 0) is 26.7 Å². The number of nitrogens with zero attached hydrogens (tertiary/aromatic N) is 1. The highest BCUT2D eigenvalue weighted by molar-refractivity contribution is 5.82. The maximum absolute atomic E-state index is 11.5.